The van der Waals surface area contributed by atoms with Gasteiger partial charge in [0.25, 0.3) is 11.8 Å². The van der Waals surface area contributed by atoms with E-state index in [4.69, 9.17) is 33.7 Å². The zero-order valence-corrected chi connectivity index (χ0v) is 14.8. The van der Waals surface area contributed by atoms with Crippen LogP contribution in [0.15, 0.2) is 48.0 Å². The number of hydrogen-bond donors (Lipinski definition) is 2. The van der Waals surface area contributed by atoms with Gasteiger partial charge in [-0.1, -0.05) is 41.4 Å². The minimum atomic E-state index is -0.631. The Balaban J connectivity index is 2.19. The highest BCUT2D eigenvalue weighted by atomic mass is 35.5. The third-order valence-corrected chi connectivity index (χ3v) is 3.75. The highest BCUT2D eigenvalue weighted by Crippen LogP contribution is 2.27. The number of benzene rings is 2. The molecular formula is C18H13Cl2N3O3. The van der Waals surface area contributed by atoms with Gasteiger partial charge in [0.1, 0.15) is 17.4 Å². The van der Waals surface area contributed by atoms with Gasteiger partial charge in [0.2, 0.25) is 0 Å². The summed E-state index contributed by atoms with van der Waals surface area (Å²) in [5.41, 5.74) is 5.78. The van der Waals surface area contributed by atoms with Crippen LogP contribution in [-0.4, -0.2) is 18.4 Å². The predicted molar refractivity (Wildman–Crippen MR) is 99.8 cm³/mol. The van der Waals surface area contributed by atoms with Crippen LogP contribution in [-0.2, 0) is 9.59 Å². The van der Waals surface area contributed by atoms with Gasteiger partial charge in [0.15, 0.2) is 6.61 Å². The minimum Gasteiger partial charge on any atom is -0.482 e. The Bertz CT molecular complexity index is 920. The number of ether oxygens (including phenoxy) is 1. The maximum Gasteiger partial charge on any atom is 0.266 e. The first-order valence-electron chi connectivity index (χ1n) is 7.29. The van der Waals surface area contributed by atoms with Crippen molar-refractivity contribution < 1.29 is 14.3 Å². The first-order valence-corrected chi connectivity index (χ1v) is 8.04. The van der Waals surface area contributed by atoms with E-state index in [1.807, 2.05) is 6.07 Å². The van der Waals surface area contributed by atoms with Crippen LogP contribution in [0.2, 0.25) is 10.0 Å². The SMILES string of the molecule is N#C/C(=C\c1ccc(OCC(N)=O)c(Cl)c1)C(=O)Nc1ccccc1Cl. The summed E-state index contributed by atoms with van der Waals surface area (Å²) in [6.07, 6.45) is 1.37. The molecule has 2 rings (SSSR count). The monoisotopic (exact) mass is 389 g/mol. The summed E-state index contributed by atoms with van der Waals surface area (Å²) in [4.78, 5) is 23.0. The van der Waals surface area contributed by atoms with Crippen molar-refractivity contribution in [3.05, 3.63) is 63.6 Å². The lowest BCUT2D eigenvalue weighted by molar-refractivity contribution is -0.120. The number of amides is 2. The molecule has 132 valence electrons. The van der Waals surface area contributed by atoms with Crippen LogP contribution in [0.4, 0.5) is 5.69 Å². The molecule has 2 amide bonds. The van der Waals surface area contributed by atoms with Crippen molar-refractivity contribution in [2.75, 3.05) is 11.9 Å². The molecule has 0 aliphatic heterocycles. The van der Waals surface area contributed by atoms with Gasteiger partial charge in [-0.05, 0) is 35.9 Å². The van der Waals surface area contributed by atoms with Gasteiger partial charge in [-0.15, -0.1) is 0 Å². The summed E-state index contributed by atoms with van der Waals surface area (Å²) in [5, 5.41) is 12.4. The van der Waals surface area contributed by atoms with Crippen molar-refractivity contribution >= 4 is 46.8 Å². The lowest BCUT2D eigenvalue weighted by Crippen LogP contribution is -2.20. The average Bonchev–Trinajstić information content (AvgIpc) is 2.60. The molecule has 0 unspecified atom stereocenters. The highest BCUT2D eigenvalue weighted by molar-refractivity contribution is 6.34. The molecule has 2 aromatic carbocycles. The van der Waals surface area contributed by atoms with E-state index in [1.54, 1.807) is 30.3 Å². The number of para-hydroxylation sites is 1. The molecule has 8 heteroatoms. The number of nitrogens with one attached hydrogen (secondary N) is 1. The molecule has 0 aliphatic carbocycles. The van der Waals surface area contributed by atoms with Gasteiger partial charge in [-0.2, -0.15) is 5.26 Å². The molecule has 0 saturated carbocycles. The van der Waals surface area contributed by atoms with Crippen LogP contribution in [0, 0.1) is 11.3 Å². The molecule has 3 N–H and O–H groups in total. The first-order chi connectivity index (χ1) is 12.4. The quantitative estimate of drug-likeness (QED) is 0.583. The van der Waals surface area contributed by atoms with Crippen molar-refractivity contribution in [3.63, 3.8) is 0 Å². The average molecular weight is 390 g/mol. The number of primary amides is 1. The molecular weight excluding hydrogens is 377 g/mol. The Morgan fingerprint density at radius 2 is 1.92 bits per heavy atom. The topological polar surface area (TPSA) is 105 Å². The second kappa shape index (κ2) is 8.90. The van der Waals surface area contributed by atoms with E-state index in [1.165, 1.54) is 18.2 Å². The number of nitrogens with two attached hydrogens (primary N) is 1. The number of nitriles is 1. The summed E-state index contributed by atoms with van der Waals surface area (Å²) >= 11 is 12.0. The molecule has 6 nitrogen and oxygen atoms in total. The molecule has 0 fully saturated rings. The smallest absolute Gasteiger partial charge is 0.266 e. The molecule has 0 aromatic heterocycles. The van der Waals surface area contributed by atoms with Crippen LogP contribution in [0.3, 0.4) is 0 Å². The van der Waals surface area contributed by atoms with Crippen LogP contribution >= 0.6 is 23.2 Å². The second-order valence-electron chi connectivity index (χ2n) is 5.05. The van der Waals surface area contributed by atoms with E-state index in [2.05, 4.69) is 5.32 Å². The number of anilines is 1. The fourth-order valence-corrected chi connectivity index (χ4v) is 2.37. The number of rotatable bonds is 6. The lowest BCUT2D eigenvalue weighted by Gasteiger charge is -2.08. The molecule has 0 bridgehead atoms. The standard InChI is InChI=1S/C18H13Cl2N3O3/c19-13-3-1-2-4-15(13)23-18(25)12(9-21)7-11-5-6-16(14(20)8-11)26-10-17(22)24/h1-8H,10H2,(H2,22,24)(H,23,25)/b12-7+. The van der Waals surface area contributed by atoms with Crippen LogP contribution in [0.5, 0.6) is 5.75 Å². The van der Waals surface area contributed by atoms with Crippen molar-refractivity contribution in [2.24, 2.45) is 5.73 Å². The summed E-state index contributed by atoms with van der Waals surface area (Å²) in [6, 6.07) is 13.1. The van der Waals surface area contributed by atoms with Gasteiger partial charge in [0.05, 0.1) is 15.7 Å². The molecule has 0 radical (unpaired) electrons. The summed E-state index contributed by atoms with van der Waals surface area (Å²) in [6.45, 7) is -0.307. The second-order valence-corrected chi connectivity index (χ2v) is 5.86. The Morgan fingerprint density at radius 3 is 2.54 bits per heavy atom. The largest absolute Gasteiger partial charge is 0.482 e. The molecule has 0 saturated heterocycles. The molecule has 0 heterocycles. The van der Waals surface area contributed by atoms with Crippen LogP contribution in [0.1, 0.15) is 5.56 Å². The van der Waals surface area contributed by atoms with Crippen molar-refractivity contribution in [2.45, 2.75) is 0 Å². The Hall–Kier alpha value is -3.01. The van der Waals surface area contributed by atoms with E-state index >= 15 is 0 Å². The zero-order valence-electron chi connectivity index (χ0n) is 13.3. The van der Waals surface area contributed by atoms with Crippen molar-refractivity contribution in [3.8, 4) is 11.8 Å². The Labute approximate surface area is 159 Å². The van der Waals surface area contributed by atoms with Gasteiger partial charge in [0, 0.05) is 0 Å². The van der Waals surface area contributed by atoms with E-state index < -0.39 is 11.8 Å². The first kappa shape index (κ1) is 19.3. The number of halogens is 2. The van der Waals surface area contributed by atoms with Crippen molar-refractivity contribution in [1.29, 1.82) is 5.26 Å². The molecule has 26 heavy (non-hydrogen) atoms. The maximum absolute atomic E-state index is 12.3. The normalized spacial score (nSPS) is 10.7. The van der Waals surface area contributed by atoms with Gasteiger partial charge in [-0.3, -0.25) is 9.59 Å². The van der Waals surface area contributed by atoms with Crippen LogP contribution in [0.25, 0.3) is 6.08 Å². The molecule has 2 aromatic rings. The Kier molecular flexibility index (Phi) is 6.61. The fraction of sp³-hybridized carbons (Fsp3) is 0.0556. The van der Waals surface area contributed by atoms with Gasteiger partial charge >= 0.3 is 0 Å². The number of carbonyl (C=O) groups is 2. The van der Waals surface area contributed by atoms with E-state index in [0.29, 0.717) is 16.3 Å². The highest BCUT2D eigenvalue weighted by Gasteiger charge is 2.12. The van der Waals surface area contributed by atoms with E-state index in [-0.39, 0.29) is 23.0 Å². The molecule has 0 atom stereocenters. The fourth-order valence-electron chi connectivity index (χ4n) is 1.94. The maximum atomic E-state index is 12.3. The number of nitrogens with zero attached hydrogens (tertiary/aromatic N) is 1. The molecule has 0 spiro atoms. The minimum absolute atomic E-state index is 0.133. The van der Waals surface area contributed by atoms with E-state index in [0.717, 1.165) is 0 Å². The molecule has 0 aliphatic rings. The number of hydrogen-bond acceptors (Lipinski definition) is 4. The van der Waals surface area contributed by atoms with Crippen molar-refractivity contribution in [1.82, 2.24) is 0 Å². The van der Waals surface area contributed by atoms with Crippen LogP contribution < -0.4 is 15.8 Å². The zero-order chi connectivity index (χ0) is 19.1. The van der Waals surface area contributed by atoms with Gasteiger partial charge < -0.3 is 15.8 Å². The Morgan fingerprint density at radius 1 is 1.19 bits per heavy atom. The summed E-state index contributed by atoms with van der Waals surface area (Å²) < 4.78 is 5.14. The third kappa shape index (κ3) is 5.24. The van der Waals surface area contributed by atoms with E-state index in [9.17, 15) is 14.9 Å². The van der Waals surface area contributed by atoms with Gasteiger partial charge in [-0.25, -0.2) is 0 Å². The summed E-state index contributed by atoms with van der Waals surface area (Å²) in [7, 11) is 0. The summed E-state index contributed by atoms with van der Waals surface area (Å²) in [5.74, 6) is -0.972. The third-order valence-electron chi connectivity index (χ3n) is 3.12. The lowest BCUT2D eigenvalue weighted by atomic mass is 10.1. The number of carbonyl (C=O) groups excluding carboxylic acids is 2. The predicted octanol–water partition coefficient (Wildman–Crippen LogP) is 3.40.